The van der Waals surface area contributed by atoms with E-state index in [4.69, 9.17) is 4.74 Å². The summed E-state index contributed by atoms with van der Waals surface area (Å²) in [7, 11) is 0. The predicted molar refractivity (Wildman–Crippen MR) is 108 cm³/mol. The molecule has 0 spiro atoms. The third kappa shape index (κ3) is 4.06. The van der Waals surface area contributed by atoms with Crippen molar-refractivity contribution >= 4 is 10.8 Å². The van der Waals surface area contributed by atoms with Gasteiger partial charge in [0.2, 0.25) is 0 Å². The van der Waals surface area contributed by atoms with E-state index in [0.29, 0.717) is 5.56 Å². The van der Waals surface area contributed by atoms with E-state index in [1.807, 2.05) is 12.1 Å². The van der Waals surface area contributed by atoms with Crippen LogP contribution in [0.4, 0.5) is 13.2 Å². The van der Waals surface area contributed by atoms with E-state index in [1.165, 1.54) is 24.3 Å². The first kappa shape index (κ1) is 20.0. The normalized spacial score (nSPS) is 11.0. The monoisotopic (exact) mass is 384 g/mol. The van der Waals surface area contributed by atoms with Crippen molar-refractivity contribution in [2.24, 2.45) is 0 Å². The molecule has 0 aliphatic heterocycles. The maximum Gasteiger partial charge on any atom is 0.175 e. The van der Waals surface area contributed by atoms with Gasteiger partial charge in [0.25, 0.3) is 0 Å². The van der Waals surface area contributed by atoms with Crippen LogP contribution >= 0.6 is 0 Å². The Hall–Kier alpha value is -2.75. The van der Waals surface area contributed by atoms with Gasteiger partial charge < -0.3 is 4.74 Å². The number of fused-ring (bicyclic) bond motifs is 1. The Bertz CT molecular complexity index is 978. The number of unbranched alkanes of at least 4 members (excludes halogenated alkanes) is 2. The third-order valence-corrected chi connectivity index (χ3v) is 4.78. The van der Waals surface area contributed by atoms with Gasteiger partial charge in [-0.25, -0.2) is 13.2 Å². The average molecular weight is 384 g/mol. The molecule has 0 heterocycles. The molecule has 0 aromatic heterocycles. The summed E-state index contributed by atoms with van der Waals surface area (Å²) in [6.45, 7) is 5.72. The first-order chi connectivity index (χ1) is 13.6. The first-order valence-corrected chi connectivity index (χ1v) is 9.50. The van der Waals surface area contributed by atoms with Crippen molar-refractivity contribution in [3.05, 3.63) is 78.1 Å². The number of hydrogen-bond acceptors (Lipinski definition) is 1. The summed E-state index contributed by atoms with van der Waals surface area (Å²) in [4.78, 5) is 0. The minimum absolute atomic E-state index is 0.0786. The standard InChI is InChI=1S/C24H23F3O/c1-3-5-6-7-16-8-10-17(11-9-16)19-15-18-12-13-20(28-14-4-2)23(26)21(18)24(27)22(19)25/h4,8-13,15H,2-3,5-7,14H2,1H3. The Labute approximate surface area is 163 Å². The highest BCUT2D eigenvalue weighted by molar-refractivity contribution is 5.90. The van der Waals surface area contributed by atoms with Gasteiger partial charge in [-0.1, -0.05) is 62.8 Å². The second-order valence-corrected chi connectivity index (χ2v) is 6.78. The Morgan fingerprint density at radius 3 is 2.36 bits per heavy atom. The topological polar surface area (TPSA) is 9.23 Å². The molecule has 0 radical (unpaired) electrons. The zero-order valence-electron chi connectivity index (χ0n) is 15.9. The minimum Gasteiger partial charge on any atom is -0.486 e. The number of aryl methyl sites for hydroxylation is 1. The van der Waals surface area contributed by atoms with Gasteiger partial charge in [-0.2, -0.15) is 0 Å². The highest BCUT2D eigenvalue weighted by atomic mass is 19.2. The van der Waals surface area contributed by atoms with E-state index in [-0.39, 0.29) is 23.3 Å². The van der Waals surface area contributed by atoms with E-state index in [2.05, 4.69) is 13.5 Å². The number of ether oxygens (including phenoxy) is 1. The summed E-state index contributed by atoms with van der Waals surface area (Å²) in [5, 5.41) is -0.122. The van der Waals surface area contributed by atoms with E-state index >= 15 is 0 Å². The quantitative estimate of drug-likeness (QED) is 0.294. The van der Waals surface area contributed by atoms with Gasteiger partial charge in [0.1, 0.15) is 6.61 Å². The largest absolute Gasteiger partial charge is 0.486 e. The Balaban J connectivity index is 1.98. The van der Waals surface area contributed by atoms with Gasteiger partial charge in [-0.15, -0.1) is 0 Å². The average Bonchev–Trinajstić information content (AvgIpc) is 2.71. The lowest BCUT2D eigenvalue weighted by atomic mass is 9.97. The summed E-state index contributed by atoms with van der Waals surface area (Å²) in [5.74, 6) is -3.31. The highest BCUT2D eigenvalue weighted by Gasteiger charge is 2.20. The van der Waals surface area contributed by atoms with Gasteiger partial charge in [0.05, 0.1) is 5.39 Å². The fourth-order valence-corrected chi connectivity index (χ4v) is 3.26. The molecule has 1 nitrogen and oxygen atoms in total. The lowest BCUT2D eigenvalue weighted by Gasteiger charge is -2.12. The zero-order chi connectivity index (χ0) is 20.1. The Morgan fingerprint density at radius 2 is 1.68 bits per heavy atom. The van der Waals surface area contributed by atoms with Crippen molar-refractivity contribution in [2.45, 2.75) is 32.6 Å². The van der Waals surface area contributed by atoms with Crippen LogP contribution in [-0.4, -0.2) is 6.61 Å². The molecule has 4 heteroatoms. The molecule has 0 aliphatic carbocycles. The van der Waals surface area contributed by atoms with Crippen LogP contribution in [0.2, 0.25) is 0 Å². The lowest BCUT2D eigenvalue weighted by Crippen LogP contribution is -1.99. The summed E-state index contributed by atoms with van der Waals surface area (Å²) in [6.07, 6.45) is 5.83. The van der Waals surface area contributed by atoms with Gasteiger partial charge >= 0.3 is 0 Å². The van der Waals surface area contributed by atoms with E-state index in [0.717, 1.165) is 31.2 Å². The molecule has 0 N–H and O–H groups in total. The van der Waals surface area contributed by atoms with Crippen molar-refractivity contribution in [3.8, 4) is 16.9 Å². The molecule has 0 saturated carbocycles. The molecule has 0 bridgehead atoms. The number of hydrogen-bond donors (Lipinski definition) is 0. The molecule has 3 rings (SSSR count). The number of halogens is 3. The summed E-state index contributed by atoms with van der Waals surface area (Å²) >= 11 is 0. The van der Waals surface area contributed by atoms with Crippen LogP contribution in [0.15, 0.2) is 55.1 Å². The maximum atomic E-state index is 14.7. The van der Waals surface area contributed by atoms with E-state index in [1.54, 1.807) is 12.1 Å². The summed E-state index contributed by atoms with van der Waals surface area (Å²) in [5.41, 5.74) is 1.84. The molecule has 0 fully saturated rings. The first-order valence-electron chi connectivity index (χ1n) is 9.50. The van der Waals surface area contributed by atoms with Crippen LogP contribution in [0.25, 0.3) is 21.9 Å². The van der Waals surface area contributed by atoms with Crippen LogP contribution in [0, 0.1) is 17.5 Å². The van der Waals surface area contributed by atoms with E-state index in [9.17, 15) is 13.2 Å². The second kappa shape index (κ2) is 8.96. The van der Waals surface area contributed by atoms with Gasteiger partial charge in [-0.05, 0) is 41.5 Å². The molecule has 0 atom stereocenters. The zero-order valence-corrected chi connectivity index (χ0v) is 15.9. The van der Waals surface area contributed by atoms with Crippen molar-refractivity contribution in [1.29, 1.82) is 0 Å². The second-order valence-electron chi connectivity index (χ2n) is 6.78. The molecule has 3 aromatic rings. The Kier molecular flexibility index (Phi) is 6.40. The molecule has 0 saturated heterocycles. The number of rotatable bonds is 8. The van der Waals surface area contributed by atoms with Crippen LogP contribution in [0.5, 0.6) is 5.75 Å². The third-order valence-electron chi connectivity index (χ3n) is 4.78. The SMILES string of the molecule is C=CCOc1ccc2cc(-c3ccc(CCCCC)cc3)c(F)c(F)c2c1F. The lowest BCUT2D eigenvalue weighted by molar-refractivity contribution is 0.343. The fourth-order valence-electron chi connectivity index (χ4n) is 3.26. The molecule has 0 aliphatic rings. The summed E-state index contributed by atoms with van der Waals surface area (Å²) < 4.78 is 49.2. The molecule has 0 amide bonds. The molecular formula is C24H23F3O. The van der Waals surface area contributed by atoms with Crippen molar-refractivity contribution in [3.63, 3.8) is 0 Å². The molecule has 3 aromatic carbocycles. The van der Waals surface area contributed by atoms with Crippen molar-refractivity contribution in [2.75, 3.05) is 6.61 Å². The smallest absolute Gasteiger partial charge is 0.175 e. The van der Waals surface area contributed by atoms with Crippen molar-refractivity contribution in [1.82, 2.24) is 0 Å². The van der Waals surface area contributed by atoms with Crippen molar-refractivity contribution < 1.29 is 17.9 Å². The number of benzene rings is 3. The maximum absolute atomic E-state index is 14.7. The molecular weight excluding hydrogens is 361 g/mol. The van der Waals surface area contributed by atoms with Crippen LogP contribution in [-0.2, 0) is 6.42 Å². The fraction of sp³-hybridized carbons (Fsp3) is 0.250. The highest BCUT2D eigenvalue weighted by Crippen LogP contribution is 2.35. The molecule has 28 heavy (non-hydrogen) atoms. The van der Waals surface area contributed by atoms with Crippen LogP contribution < -0.4 is 4.74 Å². The molecule has 146 valence electrons. The van der Waals surface area contributed by atoms with Gasteiger partial charge in [0, 0.05) is 5.56 Å². The van der Waals surface area contributed by atoms with Crippen LogP contribution in [0.1, 0.15) is 31.7 Å². The summed E-state index contributed by atoms with van der Waals surface area (Å²) in [6, 6.07) is 11.8. The molecule has 0 unspecified atom stereocenters. The Morgan fingerprint density at radius 1 is 0.929 bits per heavy atom. The minimum atomic E-state index is -1.21. The predicted octanol–water partition coefficient (Wildman–Crippen LogP) is 7.22. The van der Waals surface area contributed by atoms with Gasteiger partial charge in [0.15, 0.2) is 23.2 Å². The van der Waals surface area contributed by atoms with Gasteiger partial charge in [-0.3, -0.25) is 0 Å². The van der Waals surface area contributed by atoms with E-state index < -0.39 is 22.8 Å². The van der Waals surface area contributed by atoms with Crippen LogP contribution in [0.3, 0.4) is 0 Å².